The molecule has 16 heavy (non-hydrogen) atoms. The minimum absolute atomic E-state index is 0.290. The summed E-state index contributed by atoms with van der Waals surface area (Å²) in [6.07, 6.45) is 0. The van der Waals surface area contributed by atoms with Gasteiger partial charge in [0.25, 0.3) is 11.5 Å². The van der Waals surface area contributed by atoms with Crippen LogP contribution in [0.4, 0.5) is 0 Å². The molecule has 86 valence electrons. The molecule has 0 bridgehead atoms. The molecule has 0 spiro atoms. The topological polar surface area (TPSA) is 132 Å². The first kappa shape index (κ1) is 11.7. The van der Waals surface area contributed by atoms with Crippen LogP contribution >= 0.6 is 0 Å². The van der Waals surface area contributed by atoms with Crippen molar-refractivity contribution >= 4 is 11.9 Å². The quantitative estimate of drug-likeness (QED) is 0.487. The number of aromatic amines is 2. The smallest absolute Gasteiger partial charge is 0.326 e. The lowest BCUT2D eigenvalue weighted by atomic mass is 10.3. The average Bonchev–Trinajstić information content (AvgIpc) is 2.15. The summed E-state index contributed by atoms with van der Waals surface area (Å²) in [5.41, 5.74) is -1.86. The van der Waals surface area contributed by atoms with Crippen LogP contribution in [0.25, 0.3) is 0 Å². The first-order valence-corrected chi connectivity index (χ1v) is 4.27. The fourth-order valence-electron chi connectivity index (χ4n) is 0.927. The Morgan fingerprint density at radius 3 is 2.50 bits per heavy atom. The number of carbonyl (C=O) groups excluding carboxylic acids is 1. The zero-order valence-corrected chi connectivity index (χ0v) is 8.23. The van der Waals surface area contributed by atoms with Gasteiger partial charge in [0.1, 0.15) is 11.7 Å². The van der Waals surface area contributed by atoms with E-state index in [1.165, 1.54) is 6.92 Å². The number of aromatic nitrogens is 2. The molecule has 0 saturated heterocycles. The lowest BCUT2D eigenvalue weighted by Crippen LogP contribution is -2.40. The van der Waals surface area contributed by atoms with E-state index in [1.807, 2.05) is 4.98 Å². The van der Waals surface area contributed by atoms with Crippen molar-refractivity contribution in [2.75, 3.05) is 0 Å². The van der Waals surface area contributed by atoms with Crippen LogP contribution in [0.5, 0.6) is 0 Å². The SMILES string of the molecule is CC(NC(=O)c1cc(=O)[nH]c(=O)[nH]1)C(=O)O. The van der Waals surface area contributed by atoms with Crippen molar-refractivity contribution in [3.8, 4) is 0 Å². The molecule has 0 aromatic carbocycles. The number of amides is 1. The molecule has 0 radical (unpaired) electrons. The monoisotopic (exact) mass is 227 g/mol. The maximum absolute atomic E-state index is 11.4. The minimum atomic E-state index is -1.22. The number of aliphatic carboxylic acids is 1. The summed E-state index contributed by atoms with van der Waals surface area (Å²) in [5, 5.41) is 10.6. The molecule has 1 aromatic heterocycles. The van der Waals surface area contributed by atoms with Gasteiger partial charge in [0.15, 0.2) is 0 Å². The fourth-order valence-corrected chi connectivity index (χ4v) is 0.927. The molecular formula is C8H9N3O5. The zero-order chi connectivity index (χ0) is 12.3. The third-order valence-electron chi connectivity index (χ3n) is 1.72. The van der Waals surface area contributed by atoms with Gasteiger partial charge in [-0.05, 0) is 6.92 Å². The van der Waals surface area contributed by atoms with Crippen molar-refractivity contribution in [1.29, 1.82) is 0 Å². The Morgan fingerprint density at radius 1 is 1.38 bits per heavy atom. The molecule has 1 rings (SSSR count). The first-order valence-electron chi connectivity index (χ1n) is 4.27. The summed E-state index contributed by atoms with van der Waals surface area (Å²) in [5.74, 6) is -2.06. The maximum atomic E-state index is 11.4. The molecule has 8 nitrogen and oxygen atoms in total. The Hall–Kier alpha value is -2.38. The highest BCUT2D eigenvalue weighted by Crippen LogP contribution is 1.88. The highest BCUT2D eigenvalue weighted by molar-refractivity contribution is 5.94. The highest BCUT2D eigenvalue weighted by atomic mass is 16.4. The van der Waals surface area contributed by atoms with Crippen LogP contribution in [-0.2, 0) is 4.79 Å². The van der Waals surface area contributed by atoms with Crippen molar-refractivity contribution in [3.05, 3.63) is 32.6 Å². The molecule has 0 aliphatic carbocycles. The number of carbonyl (C=O) groups is 2. The molecule has 0 aliphatic rings. The van der Waals surface area contributed by atoms with Crippen LogP contribution in [0.2, 0.25) is 0 Å². The van der Waals surface area contributed by atoms with E-state index in [0.717, 1.165) is 6.07 Å². The maximum Gasteiger partial charge on any atom is 0.326 e. The second-order valence-electron chi connectivity index (χ2n) is 3.03. The number of carboxylic acids is 1. The largest absolute Gasteiger partial charge is 0.480 e. The summed E-state index contributed by atoms with van der Waals surface area (Å²) in [7, 11) is 0. The molecule has 0 saturated carbocycles. The Labute approximate surface area is 88.3 Å². The summed E-state index contributed by atoms with van der Waals surface area (Å²) in [6.45, 7) is 1.26. The van der Waals surface area contributed by atoms with E-state index in [4.69, 9.17) is 5.11 Å². The first-order chi connectivity index (χ1) is 7.40. The van der Waals surface area contributed by atoms with Gasteiger partial charge in [0.05, 0.1) is 0 Å². The van der Waals surface area contributed by atoms with E-state index in [1.54, 1.807) is 0 Å². The fraction of sp³-hybridized carbons (Fsp3) is 0.250. The standard InChI is InChI=1S/C8H9N3O5/c1-3(7(14)15)9-6(13)4-2-5(12)11-8(16)10-4/h2-3H,1H3,(H,9,13)(H,14,15)(H2,10,11,12,16). The molecule has 1 unspecified atom stereocenters. The van der Waals surface area contributed by atoms with Crippen LogP contribution in [0.3, 0.4) is 0 Å². The highest BCUT2D eigenvalue weighted by Gasteiger charge is 2.16. The molecular weight excluding hydrogens is 218 g/mol. The van der Waals surface area contributed by atoms with E-state index < -0.39 is 29.2 Å². The Morgan fingerprint density at radius 2 is 2.00 bits per heavy atom. The number of nitrogens with one attached hydrogen (secondary N) is 3. The molecule has 0 aliphatic heterocycles. The number of hydrogen-bond acceptors (Lipinski definition) is 4. The van der Waals surface area contributed by atoms with Gasteiger partial charge in [0.2, 0.25) is 0 Å². The third kappa shape index (κ3) is 2.80. The van der Waals surface area contributed by atoms with Crippen LogP contribution in [0, 0.1) is 0 Å². The van der Waals surface area contributed by atoms with Gasteiger partial charge < -0.3 is 15.4 Å². The summed E-state index contributed by atoms with van der Waals surface area (Å²) < 4.78 is 0. The lowest BCUT2D eigenvalue weighted by Gasteiger charge is -2.08. The molecule has 1 heterocycles. The summed E-state index contributed by atoms with van der Waals surface area (Å²) in [6, 6.07) is -0.249. The van der Waals surface area contributed by atoms with E-state index >= 15 is 0 Å². The predicted octanol–water partition coefficient (Wildman–Crippen LogP) is -1.73. The summed E-state index contributed by atoms with van der Waals surface area (Å²) in [4.78, 5) is 47.5. The molecule has 0 fully saturated rings. The van der Waals surface area contributed by atoms with Crippen molar-refractivity contribution in [1.82, 2.24) is 15.3 Å². The number of carboxylic acid groups (broad SMARTS) is 1. The van der Waals surface area contributed by atoms with Crippen molar-refractivity contribution in [3.63, 3.8) is 0 Å². The van der Waals surface area contributed by atoms with E-state index in [2.05, 4.69) is 10.3 Å². The van der Waals surface area contributed by atoms with Crippen molar-refractivity contribution in [2.24, 2.45) is 0 Å². The second kappa shape index (κ2) is 4.43. The Bertz CT molecular complexity index is 501. The van der Waals surface area contributed by atoms with Gasteiger partial charge >= 0.3 is 11.7 Å². The second-order valence-corrected chi connectivity index (χ2v) is 3.03. The van der Waals surface area contributed by atoms with Crippen molar-refractivity contribution < 1.29 is 14.7 Å². The molecule has 1 amide bonds. The van der Waals surface area contributed by atoms with E-state index in [9.17, 15) is 19.2 Å². The number of H-pyrrole nitrogens is 2. The van der Waals surface area contributed by atoms with E-state index in [-0.39, 0.29) is 5.69 Å². The molecule has 8 heteroatoms. The van der Waals surface area contributed by atoms with Crippen LogP contribution in [0.1, 0.15) is 17.4 Å². The minimum Gasteiger partial charge on any atom is -0.480 e. The van der Waals surface area contributed by atoms with E-state index in [0.29, 0.717) is 0 Å². The average molecular weight is 227 g/mol. The molecule has 4 N–H and O–H groups in total. The lowest BCUT2D eigenvalue weighted by molar-refractivity contribution is -0.138. The van der Waals surface area contributed by atoms with Gasteiger partial charge in [-0.15, -0.1) is 0 Å². The van der Waals surface area contributed by atoms with Gasteiger partial charge in [-0.2, -0.15) is 0 Å². The Kier molecular flexibility index (Phi) is 3.24. The predicted molar refractivity (Wildman–Crippen MR) is 52.2 cm³/mol. The Balaban J connectivity index is 2.93. The molecule has 1 atom stereocenters. The van der Waals surface area contributed by atoms with Crippen LogP contribution < -0.4 is 16.6 Å². The van der Waals surface area contributed by atoms with Crippen LogP contribution in [0.15, 0.2) is 15.7 Å². The summed E-state index contributed by atoms with van der Waals surface area (Å²) >= 11 is 0. The number of rotatable bonds is 3. The number of hydrogen-bond donors (Lipinski definition) is 4. The van der Waals surface area contributed by atoms with Gasteiger partial charge in [0, 0.05) is 6.07 Å². The zero-order valence-electron chi connectivity index (χ0n) is 8.23. The molecule has 1 aromatic rings. The normalized spacial score (nSPS) is 11.8. The van der Waals surface area contributed by atoms with Gasteiger partial charge in [-0.1, -0.05) is 0 Å². The van der Waals surface area contributed by atoms with Crippen LogP contribution in [-0.4, -0.2) is 33.0 Å². The van der Waals surface area contributed by atoms with Gasteiger partial charge in [-0.3, -0.25) is 19.4 Å². The third-order valence-corrected chi connectivity index (χ3v) is 1.72. The van der Waals surface area contributed by atoms with Gasteiger partial charge in [-0.25, -0.2) is 4.79 Å². The van der Waals surface area contributed by atoms with Crippen molar-refractivity contribution in [2.45, 2.75) is 13.0 Å².